The van der Waals surface area contributed by atoms with E-state index in [4.69, 9.17) is 11.6 Å². The average Bonchev–Trinajstić information content (AvgIpc) is 3.26. The molecule has 3 aromatic rings. The standard InChI is InChI=1S/C23H24ClN5O2/c1-15-3-4-17(13-16(15)2)22(30)25-19-9-11-28(12-10-19)23(31)21-14-29(27-26-21)20-7-5-18(24)6-8-20/h3-8,13-14,19H,9-12H2,1-2H3,(H,25,30). The molecule has 0 unspecified atom stereocenters. The summed E-state index contributed by atoms with van der Waals surface area (Å²) in [4.78, 5) is 27.1. The molecular weight excluding hydrogens is 414 g/mol. The number of carbonyl (C=O) groups is 2. The zero-order valence-electron chi connectivity index (χ0n) is 17.5. The molecule has 0 spiro atoms. The van der Waals surface area contributed by atoms with E-state index in [-0.39, 0.29) is 17.9 Å². The number of rotatable bonds is 4. The van der Waals surface area contributed by atoms with Crippen LogP contribution in [0.5, 0.6) is 0 Å². The summed E-state index contributed by atoms with van der Waals surface area (Å²) in [7, 11) is 0. The molecule has 160 valence electrons. The van der Waals surface area contributed by atoms with E-state index in [0.717, 1.165) is 16.8 Å². The zero-order valence-corrected chi connectivity index (χ0v) is 18.3. The Labute approximate surface area is 186 Å². The van der Waals surface area contributed by atoms with Gasteiger partial charge in [-0.1, -0.05) is 22.9 Å². The number of nitrogens with zero attached hydrogens (tertiary/aromatic N) is 4. The van der Waals surface area contributed by atoms with Crippen LogP contribution < -0.4 is 5.32 Å². The van der Waals surface area contributed by atoms with Gasteiger partial charge in [-0.05, 0) is 74.2 Å². The molecule has 8 heteroatoms. The number of nitrogens with one attached hydrogen (secondary N) is 1. The van der Waals surface area contributed by atoms with E-state index >= 15 is 0 Å². The van der Waals surface area contributed by atoms with E-state index in [1.807, 2.05) is 44.2 Å². The average molecular weight is 438 g/mol. The first-order valence-corrected chi connectivity index (χ1v) is 10.6. The van der Waals surface area contributed by atoms with E-state index in [1.54, 1.807) is 27.9 Å². The Morgan fingerprint density at radius 2 is 1.74 bits per heavy atom. The summed E-state index contributed by atoms with van der Waals surface area (Å²) in [5, 5.41) is 11.8. The number of aryl methyl sites for hydroxylation is 2. The molecule has 1 fully saturated rings. The number of amides is 2. The van der Waals surface area contributed by atoms with Crippen LogP contribution in [-0.4, -0.2) is 50.8 Å². The Hall–Kier alpha value is -3.19. The molecule has 31 heavy (non-hydrogen) atoms. The summed E-state index contributed by atoms with van der Waals surface area (Å²) in [6.45, 7) is 5.14. The highest BCUT2D eigenvalue weighted by atomic mass is 35.5. The lowest BCUT2D eigenvalue weighted by atomic mass is 10.0. The largest absolute Gasteiger partial charge is 0.349 e. The van der Waals surface area contributed by atoms with E-state index < -0.39 is 0 Å². The summed E-state index contributed by atoms with van der Waals surface area (Å²) in [6.07, 6.45) is 3.03. The van der Waals surface area contributed by atoms with Crippen molar-refractivity contribution in [2.24, 2.45) is 0 Å². The van der Waals surface area contributed by atoms with Crippen molar-refractivity contribution in [2.75, 3.05) is 13.1 Å². The molecule has 0 atom stereocenters. The molecular formula is C23H24ClN5O2. The molecule has 0 saturated carbocycles. The topological polar surface area (TPSA) is 80.1 Å². The lowest BCUT2D eigenvalue weighted by Gasteiger charge is -2.32. The van der Waals surface area contributed by atoms with Crippen molar-refractivity contribution < 1.29 is 9.59 Å². The SMILES string of the molecule is Cc1ccc(C(=O)NC2CCN(C(=O)c3cn(-c4ccc(Cl)cc4)nn3)CC2)cc1C. The molecule has 1 N–H and O–H groups in total. The first-order chi connectivity index (χ1) is 14.9. The summed E-state index contributed by atoms with van der Waals surface area (Å²) < 4.78 is 1.56. The number of carbonyl (C=O) groups excluding carboxylic acids is 2. The van der Waals surface area contributed by atoms with Crippen LogP contribution >= 0.6 is 11.6 Å². The van der Waals surface area contributed by atoms with Gasteiger partial charge in [-0.3, -0.25) is 9.59 Å². The molecule has 1 aromatic heterocycles. The van der Waals surface area contributed by atoms with E-state index in [1.165, 1.54) is 0 Å². The third-order valence-corrected chi connectivity index (χ3v) is 5.94. The van der Waals surface area contributed by atoms with Crippen LogP contribution in [0.2, 0.25) is 5.02 Å². The van der Waals surface area contributed by atoms with Crippen LogP contribution in [0.3, 0.4) is 0 Å². The van der Waals surface area contributed by atoms with Crippen molar-refractivity contribution in [3.05, 3.63) is 76.1 Å². The second kappa shape index (κ2) is 8.89. The van der Waals surface area contributed by atoms with Gasteiger partial charge in [-0.25, -0.2) is 4.68 Å². The van der Waals surface area contributed by atoms with E-state index in [2.05, 4.69) is 15.6 Å². The number of benzene rings is 2. The first-order valence-electron chi connectivity index (χ1n) is 10.3. The normalized spacial score (nSPS) is 14.5. The van der Waals surface area contributed by atoms with E-state index in [0.29, 0.717) is 42.2 Å². The van der Waals surface area contributed by atoms with Crippen molar-refractivity contribution in [1.29, 1.82) is 0 Å². The molecule has 2 heterocycles. The van der Waals surface area contributed by atoms with Gasteiger partial charge >= 0.3 is 0 Å². The van der Waals surface area contributed by atoms with Gasteiger partial charge in [-0.15, -0.1) is 5.10 Å². The molecule has 2 aromatic carbocycles. The van der Waals surface area contributed by atoms with Crippen LogP contribution in [0.1, 0.15) is 44.8 Å². The van der Waals surface area contributed by atoms with E-state index in [9.17, 15) is 9.59 Å². The molecule has 0 bridgehead atoms. The third kappa shape index (κ3) is 4.77. The lowest BCUT2D eigenvalue weighted by molar-refractivity contribution is 0.0692. The van der Waals surface area contributed by atoms with Crippen LogP contribution in [0.15, 0.2) is 48.7 Å². The highest BCUT2D eigenvalue weighted by Crippen LogP contribution is 2.17. The Morgan fingerprint density at radius 3 is 2.42 bits per heavy atom. The predicted octanol–water partition coefficient (Wildman–Crippen LogP) is 3.57. The van der Waals surface area contributed by atoms with Gasteiger partial charge in [0.05, 0.1) is 11.9 Å². The smallest absolute Gasteiger partial charge is 0.276 e. The van der Waals surface area contributed by atoms with Crippen molar-refractivity contribution >= 4 is 23.4 Å². The number of piperidine rings is 1. The van der Waals surface area contributed by atoms with Crippen molar-refractivity contribution in [3.8, 4) is 5.69 Å². The predicted molar refractivity (Wildman–Crippen MR) is 119 cm³/mol. The van der Waals surface area contributed by atoms with Gasteiger partial charge in [0.2, 0.25) is 0 Å². The molecule has 4 rings (SSSR count). The molecule has 1 aliphatic rings. The number of halogens is 1. The van der Waals surface area contributed by atoms with Crippen LogP contribution in [0, 0.1) is 13.8 Å². The second-order valence-corrected chi connectivity index (χ2v) is 8.30. The van der Waals surface area contributed by atoms with Gasteiger partial charge in [0, 0.05) is 29.7 Å². The molecule has 1 aliphatic heterocycles. The molecule has 0 aliphatic carbocycles. The van der Waals surface area contributed by atoms with Gasteiger partial charge < -0.3 is 10.2 Å². The lowest BCUT2D eigenvalue weighted by Crippen LogP contribution is -2.46. The molecule has 7 nitrogen and oxygen atoms in total. The number of hydrogen-bond acceptors (Lipinski definition) is 4. The second-order valence-electron chi connectivity index (χ2n) is 7.86. The summed E-state index contributed by atoms with van der Waals surface area (Å²) in [5.74, 6) is -0.224. The number of hydrogen-bond donors (Lipinski definition) is 1. The summed E-state index contributed by atoms with van der Waals surface area (Å²) in [5.41, 5.74) is 4.01. The zero-order chi connectivity index (χ0) is 22.0. The fraction of sp³-hybridized carbons (Fsp3) is 0.304. The van der Waals surface area contributed by atoms with Crippen LogP contribution in [0.25, 0.3) is 5.69 Å². The number of likely N-dealkylation sites (tertiary alicyclic amines) is 1. The fourth-order valence-corrected chi connectivity index (χ4v) is 3.75. The molecule has 2 amide bonds. The van der Waals surface area contributed by atoms with Gasteiger partial charge in [0.1, 0.15) is 0 Å². The maximum Gasteiger partial charge on any atom is 0.276 e. The summed E-state index contributed by atoms with van der Waals surface area (Å²) in [6, 6.07) is 12.9. The van der Waals surface area contributed by atoms with Crippen molar-refractivity contribution in [3.63, 3.8) is 0 Å². The van der Waals surface area contributed by atoms with Crippen molar-refractivity contribution in [2.45, 2.75) is 32.7 Å². The summed E-state index contributed by atoms with van der Waals surface area (Å²) >= 11 is 5.92. The Bertz CT molecular complexity index is 1100. The van der Waals surface area contributed by atoms with Crippen LogP contribution in [0.4, 0.5) is 0 Å². The molecule has 1 saturated heterocycles. The van der Waals surface area contributed by atoms with Crippen LogP contribution in [-0.2, 0) is 0 Å². The number of aromatic nitrogens is 3. The van der Waals surface area contributed by atoms with Gasteiger partial charge in [0.15, 0.2) is 5.69 Å². The minimum atomic E-state index is -0.154. The minimum Gasteiger partial charge on any atom is -0.349 e. The fourth-order valence-electron chi connectivity index (χ4n) is 3.62. The first kappa shape index (κ1) is 21.1. The van der Waals surface area contributed by atoms with Gasteiger partial charge in [0.25, 0.3) is 11.8 Å². The monoisotopic (exact) mass is 437 g/mol. The quantitative estimate of drug-likeness (QED) is 0.676. The Balaban J connectivity index is 1.33. The Kier molecular flexibility index (Phi) is 6.04. The highest BCUT2D eigenvalue weighted by Gasteiger charge is 2.26. The molecule has 0 radical (unpaired) electrons. The third-order valence-electron chi connectivity index (χ3n) is 5.69. The maximum absolute atomic E-state index is 12.8. The Morgan fingerprint density at radius 1 is 1.03 bits per heavy atom. The van der Waals surface area contributed by atoms with Gasteiger partial charge in [-0.2, -0.15) is 0 Å². The van der Waals surface area contributed by atoms with Crippen molar-refractivity contribution in [1.82, 2.24) is 25.2 Å². The minimum absolute atomic E-state index is 0.0444. The highest BCUT2D eigenvalue weighted by molar-refractivity contribution is 6.30. The maximum atomic E-state index is 12.8.